The first-order chi connectivity index (χ1) is 15.0. The summed E-state index contributed by atoms with van der Waals surface area (Å²) in [6, 6.07) is 15.7. The van der Waals surface area contributed by atoms with Crippen molar-refractivity contribution < 1.29 is 17.9 Å². The lowest BCUT2D eigenvalue weighted by Gasteiger charge is -2.34. The smallest absolute Gasteiger partial charge is 0.269 e. The lowest BCUT2D eigenvalue weighted by molar-refractivity contribution is -0.122. The fraction of sp³-hybridized carbons (Fsp3) is 0.250. The van der Waals surface area contributed by atoms with Gasteiger partial charge >= 0.3 is 0 Å². The summed E-state index contributed by atoms with van der Waals surface area (Å²) in [7, 11) is -3.75. The Morgan fingerprint density at radius 2 is 1.94 bits per heavy atom. The van der Waals surface area contributed by atoms with Gasteiger partial charge in [0.2, 0.25) is 15.2 Å². The van der Waals surface area contributed by atoms with Crippen LogP contribution in [0.1, 0.15) is 12.5 Å². The number of rotatable bonds is 7. The van der Waals surface area contributed by atoms with Crippen molar-refractivity contribution in [2.45, 2.75) is 23.1 Å². The molecule has 0 radical (unpaired) electrons. The molecular weight excluding hydrogens is 456 g/mol. The van der Waals surface area contributed by atoms with Gasteiger partial charge in [0.05, 0.1) is 18.0 Å². The summed E-state index contributed by atoms with van der Waals surface area (Å²) in [5.41, 5.74) is 1.09. The molecular formula is C20H20N4O4S3. The van der Waals surface area contributed by atoms with Crippen LogP contribution in [0.5, 0.6) is 5.75 Å². The fourth-order valence-corrected chi connectivity index (χ4v) is 6.33. The Hall–Kier alpha value is -2.63. The van der Waals surface area contributed by atoms with Crippen molar-refractivity contribution in [3.63, 3.8) is 0 Å². The predicted octanol–water partition coefficient (Wildman–Crippen LogP) is 3.39. The molecule has 1 amide bonds. The van der Waals surface area contributed by atoms with Crippen molar-refractivity contribution in [3.05, 3.63) is 60.2 Å². The number of para-hydroxylation sites is 2. The number of aromatic nitrogens is 2. The molecule has 0 saturated carbocycles. The highest BCUT2D eigenvalue weighted by atomic mass is 32.2. The summed E-state index contributed by atoms with van der Waals surface area (Å²) >= 11 is 2.79. The molecule has 11 heteroatoms. The molecule has 0 spiro atoms. The van der Waals surface area contributed by atoms with E-state index in [9.17, 15) is 13.2 Å². The number of benzene rings is 2. The Balaban J connectivity index is 1.57. The Labute approximate surface area is 188 Å². The van der Waals surface area contributed by atoms with Gasteiger partial charge in [-0.25, -0.2) is 8.42 Å². The van der Waals surface area contributed by atoms with Gasteiger partial charge in [0, 0.05) is 0 Å². The first kappa shape index (κ1) is 21.6. The molecule has 2 aromatic carbocycles. The first-order valence-corrected chi connectivity index (χ1v) is 12.9. The van der Waals surface area contributed by atoms with Gasteiger partial charge in [-0.1, -0.05) is 72.5 Å². The maximum Gasteiger partial charge on any atom is 0.269 e. The van der Waals surface area contributed by atoms with Crippen molar-refractivity contribution in [3.8, 4) is 5.75 Å². The van der Waals surface area contributed by atoms with Crippen LogP contribution in [0, 0.1) is 0 Å². The molecule has 0 saturated heterocycles. The van der Waals surface area contributed by atoms with Gasteiger partial charge in [-0.15, -0.1) is 10.2 Å². The van der Waals surface area contributed by atoms with Crippen molar-refractivity contribution in [1.82, 2.24) is 10.2 Å². The van der Waals surface area contributed by atoms with E-state index in [0.717, 1.165) is 10.1 Å². The van der Waals surface area contributed by atoms with Crippen LogP contribution in [0.4, 0.5) is 10.8 Å². The quantitative estimate of drug-likeness (QED) is 0.412. The zero-order valence-electron chi connectivity index (χ0n) is 16.6. The van der Waals surface area contributed by atoms with Crippen LogP contribution in [-0.4, -0.2) is 42.9 Å². The van der Waals surface area contributed by atoms with Gasteiger partial charge in [0.15, 0.2) is 10.4 Å². The third kappa shape index (κ3) is 5.00. The average molecular weight is 477 g/mol. The summed E-state index contributed by atoms with van der Waals surface area (Å²) in [6.45, 7) is 1.87. The van der Waals surface area contributed by atoms with Gasteiger partial charge in [0.1, 0.15) is 5.75 Å². The number of carbonyl (C=O) groups is 1. The molecule has 0 unspecified atom stereocenters. The van der Waals surface area contributed by atoms with E-state index in [2.05, 4.69) is 15.5 Å². The van der Waals surface area contributed by atoms with Crippen LogP contribution in [0.25, 0.3) is 0 Å². The second kappa shape index (κ2) is 9.25. The normalized spacial score (nSPS) is 15.8. The van der Waals surface area contributed by atoms with Crippen molar-refractivity contribution in [2.24, 2.45) is 0 Å². The monoisotopic (exact) mass is 476 g/mol. The van der Waals surface area contributed by atoms with Gasteiger partial charge in [-0.05, 0) is 23.4 Å². The Kier molecular flexibility index (Phi) is 6.44. The highest BCUT2D eigenvalue weighted by Gasteiger charge is 2.37. The number of hydrogen-bond donors (Lipinski definition) is 1. The van der Waals surface area contributed by atoms with Crippen LogP contribution in [-0.2, 0) is 20.6 Å². The molecule has 1 N–H and O–H groups in total. The molecule has 2 heterocycles. The molecule has 1 atom stereocenters. The molecule has 1 aliphatic heterocycles. The minimum atomic E-state index is -3.75. The SMILES string of the molecule is CCSc1nnc(NC(=O)[C@@H]2CN(S(=O)(=O)Cc3ccccc3)c3ccccc3O2)s1. The first-order valence-electron chi connectivity index (χ1n) is 9.53. The number of hydrogen-bond acceptors (Lipinski definition) is 8. The summed E-state index contributed by atoms with van der Waals surface area (Å²) < 4.78 is 34.3. The number of sulfonamides is 1. The fourth-order valence-electron chi connectivity index (χ4n) is 3.09. The van der Waals surface area contributed by atoms with E-state index in [1.165, 1.54) is 27.4 Å². The molecule has 8 nitrogen and oxygen atoms in total. The van der Waals surface area contributed by atoms with Gasteiger partial charge in [-0.2, -0.15) is 0 Å². The number of thioether (sulfide) groups is 1. The number of nitrogens with one attached hydrogen (secondary N) is 1. The number of ether oxygens (including phenoxy) is 1. The molecule has 3 aromatic rings. The zero-order chi connectivity index (χ0) is 21.8. The van der Waals surface area contributed by atoms with Crippen molar-refractivity contribution in [1.29, 1.82) is 0 Å². The summed E-state index contributed by atoms with van der Waals surface area (Å²) in [6.07, 6.45) is -1.02. The summed E-state index contributed by atoms with van der Waals surface area (Å²) in [4.78, 5) is 12.8. The third-order valence-corrected chi connectivity index (χ3v) is 8.03. The number of amides is 1. The van der Waals surface area contributed by atoms with Gasteiger partial charge < -0.3 is 4.74 Å². The number of carbonyl (C=O) groups excluding carboxylic acids is 1. The third-order valence-electron chi connectivity index (χ3n) is 4.46. The molecule has 31 heavy (non-hydrogen) atoms. The van der Waals surface area contributed by atoms with E-state index in [1.54, 1.807) is 48.5 Å². The standard InChI is InChI=1S/C20H20N4O4S3/c1-2-29-20-23-22-19(30-20)21-18(25)17-12-24(15-10-6-7-11-16(15)28-17)31(26,27)13-14-8-4-3-5-9-14/h3-11,17H,2,12-13H2,1H3,(H,21,22,25)/t17-/m0/s1. The molecule has 1 aromatic heterocycles. The van der Waals surface area contributed by atoms with Crippen LogP contribution in [0.3, 0.4) is 0 Å². The molecule has 162 valence electrons. The van der Waals surface area contributed by atoms with E-state index in [1.807, 2.05) is 13.0 Å². The second-order valence-electron chi connectivity index (χ2n) is 6.64. The average Bonchev–Trinajstić information content (AvgIpc) is 3.20. The molecule has 0 aliphatic carbocycles. The van der Waals surface area contributed by atoms with Crippen molar-refractivity contribution >= 4 is 49.8 Å². The van der Waals surface area contributed by atoms with Gasteiger partial charge in [-0.3, -0.25) is 14.4 Å². The topological polar surface area (TPSA) is 101 Å². The van der Waals surface area contributed by atoms with E-state index >= 15 is 0 Å². The van der Waals surface area contributed by atoms with E-state index in [4.69, 9.17) is 4.74 Å². The minimum Gasteiger partial charge on any atom is -0.476 e. The number of anilines is 2. The van der Waals surface area contributed by atoms with E-state index in [-0.39, 0.29) is 12.3 Å². The molecule has 1 aliphatic rings. The predicted molar refractivity (Wildman–Crippen MR) is 122 cm³/mol. The lowest BCUT2D eigenvalue weighted by Crippen LogP contribution is -2.49. The molecule has 4 rings (SSSR count). The largest absolute Gasteiger partial charge is 0.476 e. The second-order valence-corrected chi connectivity index (χ2v) is 11.0. The Bertz CT molecular complexity index is 1170. The van der Waals surface area contributed by atoms with E-state index < -0.39 is 22.0 Å². The summed E-state index contributed by atoms with van der Waals surface area (Å²) in [5, 5.41) is 11.0. The van der Waals surface area contributed by atoms with Crippen LogP contribution >= 0.6 is 23.1 Å². The molecule has 0 fully saturated rings. The van der Waals surface area contributed by atoms with Gasteiger partial charge in [0.25, 0.3) is 5.91 Å². The molecule has 0 bridgehead atoms. The zero-order valence-corrected chi connectivity index (χ0v) is 19.0. The van der Waals surface area contributed by atoms with Crippen LogP contribution < -0.4 is 14.4 Å². The highest BCUT2D eigenvalue weighted by molar-refractivity contribution is 8.01. The number of fused-ring (bicyclic) bond motifs is 1. The number of nitrogens with zero attached hydrogens (tertiary/aromatic N) is 3. The minimum absolute atomic E-state index is 0.132. The Morgan fingerprint density at radius 1 is 1.19 bits per heavy atom. The Morgan fingerprint density at radius 3 is 2.71 bits per heavy atom. The van der Waals surface area contributed by atoms with Crippen LogP contribution in [0.2, 0.25) is 0 Å². The lowest BCUT2D eigenvalue weighted by atomic mass is 10.2. The van der Waals surface area contributed by atoms with E-state index in [0.29, 0.717) is 22.1 Å². The maximum absolute atomic E-state index is 13.2. The highest BCUT2D eigenvalue weighted by Crippen LogP contribution is 2.36. The van der Waals surface area contributed by atoms with Crippen molar-refractivity contribution in [2.75, 3.05) is 21.9 Å². The summed E-state index contributed by atoms with van der Waals surface area (Å²) in [5.74, 6) is 0.535. The maximum atomic E-state index is 13.2. The van der Waals surface area contributed by atoms with Crippen LogP contribution in [0.15, 0.2) is 58.9 Å².